The first kappa shape index (κ1) is 23.3. The molecule has 8 heteroatoms. The second kappa shape index (κ2) is 10.8. The first-order valence-corrected chi connectivity index (χ1v) is 12.7. The molecule has 0 bridgehead atoms. The van der Waals surface area contributed by atoms with Gasteiger partial charge in [0.2, 0.25) is 15.9 Å². The minimum Gasteiger partial charge on any atom is -0.324 e. The predicted octanol–water partition coefficient (Wildman–Crippen LogP) is 4.93. The van der Waals surface area contributed by atoms with Crippen molar-refractivity contribution in [2.75, 3.05) is 24.7 Å². The Bertz CT molecular complexity index is 1120. The number of anilines is 1. The Morgan fingerprint density at radius 3 is 2.29 bits per heavy atom. The van der Waals surface area contributed by atoms with Crippen molar-refractivity contribution in [3.05, 3.63) is 89.4 Å². The quantitative estimate of drug-likeness (QED) is 0.446. The molecule has 1 N–H and O–H groups in total. The topological polar surface area (TPSA) is 66.5 Å². The highest BCUT2D eigenvalue weighted by atomic mass is 35.5. The van der Waals surface area contributed by atoms with Crippen molar-refractivity contribution >= 4 is 45.0 Å². The zero-order chi connectivity index (χ0) is 22.3. The summed E-state index contributed by atoms with van der Waals surface area (Å²) in [5.74, 6) is -0.396. The Hall–Kier alpha value is -2.32. The van der Waals surface area contributed by atoms with Crippen LogP contribution in [0.2, 0.25) is 5.02 Å². The zero-order valence-electron chi connectivity index (χ0n) is 17.0. The highest BCUT2D eigenvalue weighted by molar-refractivity contribution is 7.98. The van der Waals surface area contributed by atoms with Crippen LogP contribution in [-0.2, 0) is 21.2 Å². The van der Waals surface area contributed by atoms with Crippen LogP contribution in [0.4, 0.5) is 5.69 Å². The van der Waals surface area contributed by atoms with E-state index in [-0.39, 0.29) is 18.0 Å². The number of hydrogen-bond donors (Lipinski definition) is 1. The third-order valence-corrected chi connectivity index (χ3v) is 7.55. The van der Waals surface area contributed by atoms with Crippen LogP contribution in [-0.4, -0.2) is 38.0 Å². The molecule has 3 aromatic carbocycles. The average Bonchev–Trinajstić information content (AvgIpc) is 2.78. The predicted molar refractivity (Wildman–Crippen MR) is 127 cm³/mol. The summed E-state index contributed by atoms with van der Waals surface area (Å²) in [6.45, 7) is -0.118. The standard InChI is InChI=1S/C23H23ClN2O3S2/c1-30-22-10-6-5-9-21(22)25-23(27)17-26(16-15-18-7-3-2-4-8-18)31(28,29)20-13-11-19(24)12-14-20/h2-14H,15-17H2,1H3,(H,25,27). The van der Waals surface area contributed by atoms with Gasteiger partial charge in [0.25, 0.3) is 0 Å². The van der Waals surface area contributed by atoms with Crippen LogP contribution in [0.25, 0.3) is 0 Å². The Balaban J connectivity index is 1.82. The van der Waals surface area contributed by atoms with Crippen LogP contribution in [0.3, 0.4) is 0 Å². The molecule has 5 nitrogen and oxygen atoms in total. The van der Waals surface area contributed by atoms with E-state index in [0.29, 0.717) is 17.1 Å². The minimum absolute atomic E-state index is 0.0993. The molecule has 0 radical (unpaired) electrons. The highest BCUT2D eigenvalue weighted by Gasteiger charge is 2.26. The molecule has 162 valence electrons. The number of nitrogens with one attached hydrogen (secondary N) is 1. The first-order chi connectivity index (χ1) is 14.9. The number of carbonyl (C=O) groups excluding carboxylic acids is 1. The van der Waals surface area contributed by atoms with Crippen LogP contribution in [0.1, 0.15) is 5.56 Å². The molecule has 0 aromatic heterocycles. The van der Waals surface area contributed by atoms with E-state index >= 15 is 0 Å². The molecule has 0 atom stereocenters. The number of hydrogen-bond acceptors (Lipinski definition) is 4. The van der Waals surface area contributed by atoms with Crippen molar-refractivity contribution in [2.45, 2.75) is 16.2 Å². The number of carbonyl (C=O) groups is 1. The third kappa shape index (κ3) is 6.33. The lowest BCUT2D eigenvalue weighted by molar-refractivity contribution is -0.116. The molecular weight excluding hydrogens is 452 g/mol. The van der Waals surface area contributed by atoms with Crippen molar-refractivity contribution in [1.82, 2.24) is 4.31 Å². The van der Waals surface area contributed by atoms with Gasteiger partial charge in [0.15, 0.2) is 0 Å². The van der Waals surface area contributed by atoms with Crippen molar-refractivity contribution in [3.63, 3.8) is 0 Å². The average molecular weight is 475 g/mol. The number of nitrogens with zero attached hydrogens (tertiary/aromatic N) is 1. The first-order valence-electron chi connectivity index (χ1n) is 9.62. The Morgan fingerprint density at radius 1 is 0.968 bits per heavy atom. The van der Waals surface area contributed by atoms with E-state index in [1.165, 1.54) is 40.3 Å². The van der Waals surface area contributed by atoms with Crippen molar-refractivity contribution in [2.24, 2.45) is 0 Å². The molecule has 31 heavy (non-hydrogen) atoms. The summed E-state index contributed by atoms with van der Waals surface area (Å²) in [5, 5.41) is 3.28. The zero-order valence-corrected chi connectivity index (χ0v) is 19.4. The van der Waals surface area contributed by atoms with Gasteiger partial charge in [-0.25, -0.2) is 8.42 Å². The Kier molecular flexibility index (Phi) is 8.15. The lowest BCUT2D eigenvalue weighted by atomic mass is 10.1. The number of benzene rings is 3. The number of rotatable bonds is 9. The summed E-state index contributed by atoms with van der Waals surface area (Å²) < 4.78 is 27.8. The lowest BCUT2D eigenvalue weighted by Gasteiger charge is -2.22. The van der Waals surface area contributed by atoms with Crippen molar-refractivity contribution in [3.8, 4) is 0 Å². The van der Waals surface area contributed by atoms with Gasteiger partial charge in [0, 0.05) is 16.5 Å². The number of amides is 1. The van der Waals surface area contributed by atoms with Crippen LogP contribution >= 0.6 is 23.4 Å². The lowest BCUT2D eigenvalue weighted by Crippen LogP contribution is -2.39. The molecular formula is C23H23ClN2O3S2. The molecule has 0 saturated carbocycles. The number of halogens is 1. The SMILES string of the molecule is CSc1ccccc1NC(=O)CN(CCc1ccccc1)S(=O)(=O)c1ccc(Cl)cc1. The molecule has 0 aliphatic rings. The van der Waals surface area contributed by atoms with Gasteiger partial charge in [-0.15, -0.1) is 11.8 Å². The maximum Gasteiger partial charge on any atom is 0.243 e. The number of thioether (sulfide) groups is 1. The maximum absolute atomic E-state index is 13.3. The normalized spacial score (nSPS) is 11.5. The summed E-state index contributed by atoms with van der Waals surface area (Å²) >= 11 is 7.42. The smallest absolute Gasteiger partial charge is 0.243 e. The molecule has 0 saturated heterocycles. The number of para-hydroxylation sites is 1. The third-order valence-electron chi connectivity index (χ3n) is 4.65. The minimum atomic E-state index is -3.88. The molecule has 0 fully saturated rings. The molecule has 0 aliphatic carbocycles. The fourth-order valence-corrected chi connectivity index (χ4v) is 5.11. The van der Waals surface area contributed by atoms with Crippen LogP contribution in [0.15, 0.2) is 88.7 Å². The molecule has 0 spiro atoms. The molecule has 0 aliphatic heterocycles. The molecule has 3 rings (SSSR count). The van der Waals surface area contributed by atoms with Gasteiger partial charge < -0.3 is 5.32 Å². The van der Waals surface area contributed by atoms with Gasteiger partial charge in [-0.2, -0.15) is 4.31 Å². The molecule has 3 aromatic rings. The maximum atomic E-state index is 13.3. The van der Waals surface area contributed by atoms with Gasteiger partial charge in [-0.05, 0) is 54.6 Å². The Labute approximate surface area is 192 Å². The van der Waals surface area contributed by atoms with Crippen LogP contribution < -0.4 is 5.32 Å². The largest absolute Gasteiger partial charge is 0.324 e. The van der Waals surface area contributed by atoms with Crippen molar-refractivity contribution in [1.29, 1.82) is 0 Å². The summed E-state index contributed by atoms with van der Waals surface area (Å²) in [4.78, 5) is 13.8. The van der Waals surface area contributed by atoms with E-state index in [4.69, 9.17) is 11.6 Å². The van der Waals surface area contributed by atoms with E-state index in [0.717, 1.165) is 10.5 Å². The van der Waals surface area contributed by atoms with E-state index in [1.54, 1.807) is 6.07 Å². The van der Waals surface area contributed by atoms with E-state index in [1.807, 2.05) is 54.8 Å². The van der Waals surface area contributed by atoms with Gasteiger partial charge in [-0.1, -0.05) is 54.1 Å². The fraction of sp³-hybridized carbons (Fsp3) is 0.174. The highest BCUT2D eigenvalue weighted by Crippen LogP contribution is 2.25. The van der Waals surface area contributed by atoms with E-state index in [9.17, 15) is 13.2 Å². The number of sulfonamides is 1. The molecule has 0 unspecified atom stereocenters. The van der Waals surface area contributed by atoms with E-state index < -0.39 is 15.9 Å². The second-order valence-corrected chi connectivity index (χ2v) is 10.00. The monoisotopic (exact) mass is 474 g/mol. The van der Waals surface area contributed by atoms with E-state index in [2.05, 4.69) is 5.32 Å². The van der Waals surface area contributed by atoms with Gasteiger partial charge in [0.05, 0.1) is 17.1 Å². The van der Waals surface area contributed by atoms with Gasteiger partial charge in [-0.3, -0.25) is 4.79 Å². The second-order valence-electron chi connectivity index (χ2n) is 6.78. The Morgan fingerprint density at radius 2 is 1.61 bits per heavy atom. The summed E-state index contributed by atoms with van der Waals surface area (Å²) in [7, 11) is -3.88. The molecule has 1 amide bonds. The summed E-state index contributed by atoms with van der Waals surface area (Å²) in [5.41, 5.74) is 1.65. The van der Waals surface area contributed by atoms with Gasteiger partial charge >= 0.3 is 0 Å². The van der Waals surface area contributed by atoms with Gasteiger partial charge in [0.1, 0.15) is 0 Å². The van der Waals surface area contributed by atoms with Crippen LogP contribution in [0, 0.1) is 0 Å². The summed E-state index contributed by atoms with van der Waals surface area (Å²) in [6.07, 6.45) is 2.41. The summed E-state index contributed by atoms with van der Waals surface area (Å²) in [6, 6.07) is 22.9. The molecule has 0 heterocycles. The van der Waals surface area contributed by atoms with Crippen molar-refractivity contribution < 1.29 is 13.2 Å². The fourth-order valence-electron chi connectivity index (χ4n) is 3.04. The van der Waals surface area contributed by atoms with Crippen LogP contribution in [0.5, 0.6) is 0 Å².